The number of ether oxygens (including phenoxy) is 2. The molecule has 3 amide bonds. The van der Waals surface area contributed by atoms with E-state index in [9.17, 15) is 14.4 Å². The van der Waals surface area contributed by atoms with Crippen molar-refractivity contribution in [3.63, 3.8) is 0 Å². The lowest BCUT2D eigenvalue weighted by atomic mass is 10.1. The van der Waals surface area contributed by atoms with Crippen molar-refractivity contribution in [3.8, 4) is 11.5 Å². The number of hydrogen-bond acceptors (Lipinski definition) is 5. The van der Waals surface area contributed by atoms with Crippen molar-refractivity contribution in [1.82, 2.24) is 5.32 Å². The van der Waals surface area contributed by atoms with E-state index in [4.69, 9.17) is 9.47 Å². The van der Waals surface area contributed by atoms with Crippen LogP contribution in [-0.2, 0) is 9.59 Å². The van der Waals surface area contributed by atoms with E-state index in [2.05, 4.69) is 16.0 Å². The van der Waals surface area contributed by atoms with E-state index in [1.165, 1.54) is 14.2 Å². The molecule has 146 valence electrons. The maximum atomic E-state index is 12.4. The SMILES string of the molecule is COc1ccc(NC(=O)CC[C@@H]2NC(=O)c3ccccc3NC2=O)c(OC)c1. The van der Waals surface area contributed by atoms with Gasteiger partial charge in [0.2, 0.25) is 11.8 Å². The standard InChI is InChI=1S/C20H21N3O5/c1-27-12-7-8-15(17(11-12)28-2)21-18(24)10-9-16-20(26)22-14-6-4-3-5-13(14)19(25)23-16/h3-8,11,16H,9-10H2,1-2H3,(H,21,24)(H,22,26)(H,23,25)/t16-/m0/s1. The molecule has 1 aliphatic heterocycles. The van der Waals surface area contributed by atoms with E-state index in [0.29, 0.717) is 28.4 Å². The molecule has 1 heterocycles. The highest BCUT2D eigenvalue weighted by Gasteiger charge is 2.27. The molecule has 28 heavy (non-hydrogen) atoms. The van der Waals surface area contributed by atoms with Gasteiger partial charge in [-0.3, -0.25) is 14.4 Å². The fourth-order valence-electron chi connectivity index (χ4n) is 2.90. The molecule has 0 bridgehead atoms. The summed E-state index contributed by atoms with van der Waals surface area (Å²) in [5.41, 5.74) is 1.35. The van der Waals surface area contributed by atoms with Crippen LogP contribution in [0.15, 0.2) is 42.5 Å². The topological polar surface area (TPSA) is 106 Å². The fraction of sp³-hybridized carbons (Fsp3) is 0.250. The largest absolute Gasteiger partial charge is 0.497 e. The summed E-state index contributed by atoms with van der Waals surface area (Å²) in [6, 6.07) is 11.0. The van der Waals surface area contributed by atoms with Crippen LogP contribution in [0.3, 0.4) is 0 Å². The van der Waals surface area contributed by atoms with Crippen LogP contribution in [0.4, 0.5) is 11.4 Å². The van der Waals surface area contributed by atoms with Gasteiger partial charge in [0.25, 0.3) is 5.91 Å². The highest BCUT2D eigenvalue weighted by Crippen LogP contribution is 2.29. The van der Waals surface area contributed by atoms with Gasteiger partial charge in [0.05, 0.1) is 31.2 Å². The van der Waals surface area contributed by atoms with Gasteiger partial charge < -0.3 is 25.4 Å². The molecule has 8 heteroatoms. The van der Waals surface area contributed by atoms with Gasteiger partial charge in [-0.1, -0.05) is 12.1 Å². The van der Waals surface area contributed by atoms with Gasteiger partial charge in [-0.25, -0.2) is 0 Å². The van der Waals surface area contributed by atoms with Crippen molar-refractivity contribution >= 4 is 29.1 Å². The second-order valence-corrected chi connectivity index (χ2v) is 6.21. The minimum Gasteiger partial charge on any atom is -0.497 e. The summed E-state index contributed by atoms with van der Waals surface area (Å²) in [4.78, 5) is 37.0. The summed E-state index contributed by atoms with van der Waals surface area (Å²) < 4.78 is 10.4. The van der Waals surface area contributed by atoms with Crippen molar-refractivity contribution in [3.05, 3.63) is 48.0 Å². The van der Waals surface area contributed by atoms with Crippen molar-refractivity contribution in [2.75, 3.05) is 24.9 Å². The highest BCUT2D eigenvalue weighted by molar-refractivity contribution is 6.10. The van der Waals surface area contributed by atoms with Gasteiger partial charge in [0, 0.05) is 12.5 Å². The summed E-state index contributed by atoms with van der Waals surface area (Å²) in [7, 11) is 3.03. The number of carbonyl (C=O) groups excluding carboxylic acids is 3. The monoisotopic (exact) mass is 383 g/mol. The molecule has 3 N–H and O–H groups in total. The van der Waals surface area contributed by atoms with Crippen LogP contribution in [0, 0.1) is 0 Å². The molecule has 3 rings (SSSR count). The minimum absolute atomic E-state index is 0.0455. The average molecular weight is 383 g/mol. The molecule has 1 atom stereocenters. The molecule has 8 nitrogen and oxygen atoms in total. The first-order chi connectivity index (χ1) is 13.5. The maximum absolute atomic E-state index is 12.4. The lowest BCUT2D eigenvalue weighted by molar-refractivity contribution is -0.118. The molecule has 0 aliphatic carbocycles. The zero-order chi connectivity index (χ0) is 20.1. The summed E-state index contributed by atoms with van der Waals surface area (Å²) in [5, 5.41) is 8.14. The zero-order valence-electron chi connectivity index (χ0n) is 15.6. The van der Waals surface area contributed by atoms with Gasteiger partial charge >= 0.3 is 0 Å². The predicted molar refractivity (Wildman–Crippen MR) is 104 cm³/mol. The van der Waals surface area contributed by atoms with E-state index >= 15 is 0 Å². The van der Waals surface area contributed by atoms with Crippen LogP contribution in [0.5, 0.6) is 11.5 Å². The van der Waals surface area contributed by atoms with Crippen LogP contribution in [-0.4, -0.2) is 38.0 Å². The molecule has 0 unspecified atom stereocenters. The Kier molecular flexibility index (Phi) is 5.78. The molecule has 0 aromatic heterocycles. The Balaban J connectivity index is 1.62. The normalized spacial score (nSPS) is 15.6. The Morgan fingerprint density at radius 2 is 1.89 bits per heavy atom. The summed E-state index contributed by atoms with van der Waals surface area (Å²) in [6.45, 7) is 0. The van der Waals surface area contributed by atoms with E-state index < -0.39 is 6.04 Å². The third-order valence-electron chi connectivity index (χ3n) is 4.39. The number of nitrogens with one attached hydrogen (secondary N) is 3. The number of fused-ring (bicyclic) bond motifs is 1. The molecular weight excluding hydrogens is 362 g/mol. The molecule has 2 aromatic rings. The Morgan fingerprint density at radius 3 is 2.64 bits per heavy atom. The first kappa shape index (κ1) is 19.2. The molecule has 2 aromatic carbocycles. The van der Waals surface area contributed by atoms with E-state index in [0.717, 1.165) is 0 Å². The molecule has 0 spiro atoms. The summed E-state index contributed by atoms with van der Waals surface area (Å²) in [6.07, 6.45) is 0.208. The van der Waals surface area contributed by atoms with Crippen molar-refractivity contribution in [1.29, 1.82) is 0 Å². The van der Waals surface area contributed by atoms with E-state index in [1.54, 1.807) is 42.5 Å². The van der Waals surface area contributed by atoms with Gasteiger partial charge in [0.1, 0.15) is 17.5 Å². The minimum atomic E-state index is -0.802. The number of amides is 3. The Morgan fingerprint density at radius 1 is 1.11 bits per heavy atom. The molecule has 0 radical (unpaired) electrons. The third kappa shape index (κ3) is 4.22. The number of carbonyl (C=O) groups is 3. The maximum Gasteiger partial charge on any atom is 0.254 e. The van der Waals surface area contributed by atoms with Crippen molar-refractivity contribution < 1.29 is 23.9 Å². The lowest BCUT2D eigenvalue weighted by Gasteiger charge is -2.15. The fourth-order valence-corrected chi connectivity index (χ4v) is 2.90. The van der Waals surface area contributed by atoms with Crippen LogP contribution < -0.4 is 25.4 Å². The quantitative estimate of drug-likeness (QED) is 0.709. The van der Waals surface area contributed by atoms with E-state index in [-0.39, 0.29) is 30.6 Å². The molecular formula is C20H21N3O5. The van der Waals surface area contributed by atoms with Crippen molar-refractivity contribution in [2.24, 2.45) is 0 Å². The van der Waals surface area contributed by atoms with Crippen LogP contribution in [0.2, 0.25) is 0 Å². The highest BCUT2D eigenvalue weighted by atomic mass is 16.5. The van der Waals surface area contributed by atoms with Gasteiger partial charge in [0.15, 0.2) is 0 Å². The summed E-state index contributed by atoms with van der Waals surface area (Å²) >= 11 is 0. The number of anilines is 2. The second kappa shape index (κ2) is 8.43. The Labute approximate surface area is 162 Å². The summed E-state index contributed by atoms with van der Waals surface area (Å²) in [5.74, 6) is 0.0625. The average Bonchev–Trinajstić information content (AvgIpc) is 2.82. The first-order valence-electron chi connectivity index (χ1n) is 8.74. The predicted octanol–water partition coefficient (Wildman–Crippen LogP) is 2.17. The van der Waals surface area contributed by atoms with Gasteiger partial charge in [-0.15, -0.1) is 0 Å². The Hall–Kier alpha value is -3.55. The van der Waals surface area contributed by atoms with E-state index in [1.807, 2.05) is 0 Å². The first-order valence-corrected chi connectivity index (χ1v) is 8.74. The van der Waals surface area contributed by atoms with Crippen molar-refractivity contribution in [2.45, 2.75) is 18.9 Å². The Bertz CT molecular complexity index is 912. The zero-order valence-corrected chi connectivity index (χ0v) is 15.6. The third-order valence-corrected chi connectivity index (χ3v) is 4.39. The van der Waals surface area contributed by atoms with Crippen LogP contribution in [0.1, 0.15) is 23.2 Å². The van der Waals surface area contributed by atoms with Crippen LogP contribution in [0.25, 0.3) is 0 Å². The van der Waals surface area contributed by atoms with Crippen LogP contribution >= 0.6 is 0 Å². The number of methoxy groups -OCH3 is 2. The van der Waals surface area contributed by atoms with Gasteiger partial charge in [-0.2, -0.15) is 0 Å². The number of para-hydroxylation sites is 1. The molecule has 0 saturated heterocycles. The number of hydrogen-bond donors (Lipinski definition) is 3. The second-order valence-electron chi connectivity index (χ2n) is 6.21. The van der Waals surface area contributed by atoms with Gasteiger partial charge in [-0.05, 0) is 30.7 Å². The smallest absolute Gasteiger partial charge is 0.254 e. The molecule has 1 aliphatic rings. The number of benzene rings is 2. The molecule has 0 fully saturated rings. The lowest BCUT2D eigenvalue weighted by Crippen LogP contribution is -2.41. The molecule has 0 saturated carbocycles. The number of rotatable bonds is 6.